The van der Waals surface area contributed by atoms with Gasteiger partial charge >= 0.3 is 5.76 Å². The first-order chi connectivity index (χ1) is 19.6. The van der Waals surface area contributed by atoms with Crippen LogP contribution in [0.3, 0.4) is 0 Å². The molecule has 0 saturated carbocycles. The maximum Gasteiger partial charge on any atom is 0.434 e. The lowest BCUT2D eigenvalue weighted by atomic mass is 9.87. The first-order valence-corrected chi connectivity index (χ1v) is 14.2. The number of oxazole rings is 1. The molecule has 0 bridgehead atoms. The number of H-pyrrole nitrogens is 1. The standard InChI is InChI=1S/C28H24ClFN4O6S/c1-15-19(22-14-31-26(39-22)17-7-5-4-6-8-17)10-11-20(30)24(15)16(2)25(27-32-33-28(35)40-27)34-41(36,37)23-12-9-18(29)13-21(23)38-3/h4-14,16,25,34H,1-3H3,(H,33,35)/t16-,25+/m1/s1. The Hall–Kier alpha value is -4.26. The van der Waals surface area contributed by atoms with Crippen molar-refractivity contribution < 1.29 is 26.4 Å². The molecule has 0 unspecified atom stereocenters. The van der Waals surface area contributed by atoms with Crippen molar-refractivity contribution in [1.82, 2.24) is 19.9 Å². The number of nitrogens with one attached hydrogen (secondary N) is 2. The monoisotopic (exact) mass is 598 g/mol. The van der Waals surface area contributed by atoms with Gasteiger partial charge in [-0.2, -0.15) is 4.72 Å². The molecule has 0 saturated heterocycles. The van der Waals surface area contributed by atoms with Gasteiger partial charge in [0.25, 0.3) is 0 Å². The second kappa shape index (κ2) is 11.3. The van der Waals surface area contributed by atoms with Gasteiger partial charge in [0.2, 0.25) is 21.8 Å². The summed E-state index contributed by atoms with van der Waals surface area (Å²) in [4.78, 5) is 16.0. The Labute approximate surface area is 239 Å². The number of hydrogen-bond acceptors (Lipinski definition) is 8. The smallest absolute Gasteiger partial charge is 0.434 e. The van der Waals surface area contributed by atoms with E-state index >= 15 is 4.39 Å². The highest BCUT2D eigenvalue weighted by atomic mass is 35.5. The third kappa shape index (κ3) is 5.67. The molecule has 5 aromatic rings. The summed E-state index contributed by atoms with van der Waals surface area (Å²) in [7, 11) is -3.03. The lowest BCUT2D eigenvalue weighted by Gasteiger charge is -2.25. The molecule has 10 nitrogen and oxygen atoms in total. The number of aromatic nitrogens is 3. The number of hydrogen-bond donors (Lipinski definition) is 2. The van der Waals surface area contributed by atoms with Gasteiger partial charge in [-0.1, -0.05) is 36.7 Å². The molecule has 212 valence electrons. The van der Waals surface area contributed by atoms with Crippen LogP contribution in [0.2, 0.25) is 5.02 Å². The van der Waals surface area contributed by atoms with Gasteiger partial charge in [0.15, 0.2) is 5.76 Å². The number of nitrogens with zero attached hydrogens (tertiary/aromatic N) is 2. The van der Waals surface area contributed by atoms with Crippen LogP contribution in [0.1, 0.15) is 35.9 Å². The third-order valence-electron chi connectivity index (χ3n) is 6.63. The lowest BCUT2D eigenvalue weighted by Crippen LogP contribution is -2.33. The minimum Gasteiger partial charge on any atom is -0.495 e. The number of benzene rings is 3. The molecular formula is C28H24ClFN4O6S. The van der Waals surface area contributed by atoms with E-state index in [2.05, 4.69) is 19.9 Å². The van der Waals surface area contributed by atoms with Gasteiger partial charge in [-0.25, -0.2) is 27.7 Å². The molecule has 2 atom stereocenters. The van der Waals surface area contributed by atoms with E-state index < -0.39 is 33.6 Å². The quantitative estimate of drug-likeness (QED) is 0.223. The maximum atomic E-state index is 15.5. The molecule has 13 heteroatoms. The Morgan fingerprint density at radius 2 is 1.85 bits per heavy atom. The average molecular weight is 599 g/mol. The van der Waals surface area contributed by atoms with Crippen LogP contribution in [0.5, 0.6) is 5.75 Å². The highest BCUT2D eigenvalue weighted by Crippen LogP contribution is 2.39. The second-order valence-electron chi connectivity index (χ2n) is 9.16. The molecule has 0 aliphatic carbocycles. The van der Waals surface area contributed by atoms with E-state index in [4.69, 9.17) is 25.2 Å². The largest absolute Gasteiger partial charge is 0.495 e. The normalized spacial score (nSPS) is 13.2. The maximum absolute atomic E-state index is 15.5. The minimum absolute atomic E-state index is 0.0104. The van der Waals surface area contributed by atoms with E-state index in [1.165, 1.54) is 37.6 Å². The van der Waals surface area contributed by atoms with Crippen LogP contribution in [-0.2, 0) is 10.0 Å². The minimum atomic E-state index is -4.33. The molecule has 3 aromatic carbocycles. The molecule has 41 heavy (non-hydrogen) atoms. The predicted octanol–water partition coefficient (Wildman–Crippen LogP) is 5.62. The molecule has 2 heterocycles. The molecule has 0 aliphatic heterocycles. The number of methoxy groups -OCH3 is 1. The van der Waals surface area contributed by atoms with E-state index in [9.17, 15) is 13.2 Å². The molecule has 2 N–H and O–H groups in total. The Kier molecular flexibility index (Phi) is 7.80. The van der Waals surface area contributed by atoms with Crippen LogP contribution in [-0.4, -0.2) is 30.7 Å². The highest BCUT2D eigenvalue weighted by molar-refractivity contribution is 7.89. The SMILES string of the molecule is COc1cc(Cl)ccc1S(=O)(=O)N[C@H](c1n[nH]c(=O)o1)[C@H](C)c1c(F)ccc(-c2cnc(-c3ccccc3)o2)c1C. The van der Waals surface area contributed by atoms with E-state index in [0.29, 0.717) is 22.8 Å². The molecule has 0 fully saturated rings. The lowest BCUT2D eigenvalue weighted by molar-refractivity contribution is 0.374. The highest BCUT2D eigenvalue weighted by Gasteiger charge is 2.35. The summed E-state index contributed by atoms with van der Waals surface area (Å²) in [6, 6.07) is 14.8. The van der Waals surface area contributed by atoms with Crippen LogP contribution in [0.25, 0.3) is 22.8 Å². The fourth-order valence-corrected chi connectivity index (χ4v) is 6.22. The van der Waals surface area contributed by atoms with Crippen LogP contribution in [0, 0.1) is 12.7 Å². The van der Waals surface area contributed by atoms with Crippen LogP contribution in [0.15, 0.2) is 85.4 Å². The van der Waals surface area contributed by atoms with Crippen molar-refractivity contribution in [3.8, 4) is 28.5 Å². The van der Waals surface area contributed by atoms with Crippen molar-refractivity contribution in [3.05, 3.63) is 105 Å². The van der Waals surface area contributed by atoms with Gasteiger partial charge < -0.3 is 13.6 Å². The molecule has 0 radical (unpaired) electrons. The third-order valence-corrected chi connectivity index (χ3v) is 8.34. The van der Waals surface area contributed by atoms with Gasteiger partial charge in [-0.3, -0.25) is 0 Å². The van der Waals surface area contributed by atoms with Gasteiger partial charge in [0.05, 0.1) is 13.3 Å². The molecule has 0 spiro atoms. The van der Waals surface area contributed by atoms with Crippen molar-refractivity contribution in [2.24, 2.45) is 0 Å². The van der Waals surface area contributed by atoms with E-state index in [1.807, 2.05) is 30.3 Å². The Morgan fingerprint density at radius 3 is 2.54 bits per heavy atom. The summed E-state index contributed by atoms with van der Waals surface area (Å²) < 4.78 is 61.4. The van der Waals surface area contributed by atoms with E-state index in [1.54, 1.807) is 19.9 Å². The topological polar surface area (TPSA) is 140 Å². The number of ether oxygens (including phenoxy) is 1. The van der Waals surface area contributed by atoms with Crippen molar-refractivity contribution >= 4 is 21.6 Å². The van der Waals surface area contributed by atoms with E-state index in [0.717, 1.165) is 5.56 Å². The average Bonchev–Trinajstić information content (AvgIpc) is 3.61. The Balaban J connectivity index is 1.57. The fourth-order valence-electron chi connectivity index (χ4n) is 4.64. The first kappa shape index (κ1) is 28.3. The van der Waals surface area contributed by atoms with Gasteiger partial charge in [0.1, 0.15) is 22.5 Å². The first-order valence-electron chi connectivity index (χ1n) is 12.3. The number of sulfonamides is 1. The van der Waals surface area contributed by atoms with Crippen molar-refractivity contribution in [2.75, 3.05) is 7.11 Å². The zero-order chi connectivity index (χ0) is 29.3. The number of rotatable bonds is 9. The summed E-state index contributed by atoms with van der Waals surface area (Å²) in [5.41, 5.74) is 1.95. The van der Waals surface area contributed by atoms with Crippen molar-refractivity contribution in [2.45, 2.75) is 30.7 Å². The van der Waals surface area contributed by atoms with Gasteiger partial charge in [-0.15, -0.1) is 5.10 Å². The van der Waals surface area contributed by atoms with Crippen LogP contribution >= 0.6 is 11.6 Å². The molecule has 0 amide bonds. The summed E-state index contributed by atoms with van der Waals surface area (Å²) in [6.45, 7) is 3.27. The van der Waals surface area contributed by atoms with Crippen molar-refractivity contribution in [1.29, 1.82) is 0 Å². The van der Waals surface area contributed by atoms with Crippen LogP contribution in [0.4, 0.5) is 4.39 Å². The Bertz CT molecular complexity index is 1870. The molecular weight excluding hydrogens is 575 g/mol. The summed E-state index contributed by atoms with van der Waals surface area (Å²) in [6.07, 6.45) is 1.54. The van der Waals surface area contributed by atoms with Gasteiger partial charge in [0, 0.05) is 28.1 Å². The zero-order valence-electron chi connectivity index (χ0n) is 22.0. The second-order valence-corrected chi connectivity index (χ2v) is 11.3. The molecule has 2 aromatic heterocycles. The molecule has 0 aliphatic rings. The van der Waals surface area contributed by atoms with Crippen LogP contribution < -0.4 is 15.2 Å². The van der Waals surface area contributed by atoms with Crippen molar-refractivity contribution in [3.63, 3.8) is 0 Å². The molecule has 5 rings (SSSR count). The summed E-state index contributed by atoms with van der Waals surface area (Å²) >= 11 is 6.00. The summed E-state index contributed by atoms with van der Waals surface area (Å²) in [5, 5.41) is 6.23. The fraction of sp³-hybridized carbons (Fsp3) is 0.179. The zero-order valence-corrected chi connectivity index (χ0v) is 23.6. The van der Waals surface area contributed by atoms with Gasteiger partial charge in [-0.05, 0) is 54.4 Å². The number of halogens is 2. The summed E-state index contributed by atoms with van der Waals surface area (Å²) in [5.74, 6) is -1.94. The van der Waals surface area contributed by atoms with E-state index in [-0.39, 0.29) is 27.1 Å². The predicted molar refractivity (Wildman–Crippen MR) is 149 cm³/mol. The Morgan fingerprint density at radius 1 is 1.10 bits per heavy atom. The number of aromatic amines is 1.